The summed E-state index contributed by atoms with van der Waals surface area (Å²) in [5.74, 6) is -1.06. The molecule has 1 atom stereocenters. The predicted molar refractivity (Wildman–Crippen MR) is 97.3 cm³/mol. The van der Waals surface area contributed by atoms with E-state index in [1.165, 1.54) is 10.4 Å². The van der Waals surface area contributed by atoms with Crippen LogP contribution in [0, 0.1) is 0 Å². The second-order valence-corrected chi connectivity index (χ2v) is 12.3. The molecule has 1 saturated heterocycles. The van der Waals surface area contributed by atoms with E-state index in [0.717, 1.165) is 0 Å². The van der Waals surface area contributed by atoms with Gasteiger partial charge in [-0.15, -0.1) is 0 Å². The first kappa shape index (κ1) is 16.6. The van der Waals surface area contributed by atoms with E-state index < -0.39 is 19.6 Å². The Hall–Kier alpha value is -2.20. The zero-order valence-corrected chi connectivity index (χ0v) is 15.3. The summed E-state index contributed by atoms with van der Waals surface area (Å²) >= 11 is 0. The van der Waals surface area contributed by atoms with Crippen molar-refractivity contribution in [1.29, 1.82) is 0 Å². The summed E-state index contributed by atoms with van der Waals surface area (Å²) in [5, 5.41) is 2.17. The van der Waals surface area contributed by atoms with Gasteiger partial charge in [-0.3, -0.25) is 4.79 Å². The van der Waals surface area contributed by atoms with Crippen molar-refractivity contribution in [1.82, 2.24) is 0 Å². The number of hydrogen-bond acceptors (Lipinski definition) is 3. The van der Waals surface area contributed by atoms with Crippen molar-refractivity contribution in [2.24, 2.45) is 0 Å². The maximum atomic E-state index is 12.7. The molecule has 0 bridgehead atoms. The maximum absolute atomic E-state index is 12.7. The molecule has 124 valence electrons. The molecular formula is C20H22O3Si. The van der Waals surface area contributed by atoms with Crippen LogP contribution in [0.25, 0.3) is 0 Å². The molecule has 3 nitrogen and oxygen atoms in total. The normalized spacial score (nSPS) is 18.5. The predicted octanol–water partition coefficient (Wildman–Crippen LogP) is 2.55. The third-order valence-electron chi connectivity index (χ3n) is 5.06. The highest BCUT2D eigenvalue weighted by Crippen LogP contribution is 2.45. The van der Waals surface area contributed by atoms with Crippen LogP contribution in [0.15, 0.2) is 60.7 Å². The van der Waals surface area contributed by atoms with E-state index >= 15 is 0 Å². The SMILES string of the molecule is CC(C)(C)[Si](c1ccccc1)(c1ccccc1)C1COC(=O)C1=O. The summed E-state index contributed by atoms with van der Waals surface area (Å²) in [5.41, 5.74) is -0.394. The van der Waals surface area contributed by atoms with Crippen LogP contribution in [0.4, 0.5) is 0 Å². The number of esters is 1. The van der Waals surface area contributed by atoms with Crippen molar-refractivity contribution in [3.05, 3.63) is 60.7 Å². The molecule has 24 heavy (non-hydrogen) atoms. The van der Waals surface area contributed by atoms with Crippen LogP contribution >= 0.6 is 0 Å². The lowest BCUT2D eigenvalue weighted by molar-refractivity contribution is -0.146. The number of ether oxygens (including phenoxy) is 1. The molecule has 0 radical (unpaired) electrons. The molecule has 1 fully saturated rings. The summed E-state index contributed by atoms with van der Waals surface area (Å²) in [6.45, 7) is 6.71. The van der Waals surface area contributed by atoms with Crippen LogP contribution in [0.5, 0.6) is 0 Å². The van der Waals surface area contributed by atoms with Gasteiger partial charge in [0, 0.05) is 0 Å². The minimum Gasteiger partial charge on any atom is -0.459 e. The maximum Gasteiger partial charge on any atom is 0.374 e. The number of hydrogen-bond donors (Lipinski definition) is 0. The van der Waals surface area contributed by atoms with Gasteiger partial charge in [0.25, 0.3) is 0 Å². The number of benzene rings is 2. The summed E-state index contributed by atoms with van der Waals surface area (Å²) in [6, 6.07) is 20.4. The second kappa shape index (κ2) is 6.02. The summed E-state index contributed by atoms with van der Waals surface area (Å²) in [7, 11) is -2.62. The standard InChI is InChI=1S/C20H22O3Si/c1-20(2,3)24(15-10-6-4-7-11-15,16-12-8-5-9-13-16)17-14-23-19(22)18(17)21/h4-13,17H,14H2,1-3H3. The quantitative estimate of drug-likeness (QED) is 0.491. The van der Waals surface area contributed by atoms with Crippen LogP contribution in [-0.4, -0.2) is 26.4 Å². The molecule has 0 saturated carbocycles. The Kier molecular flexibility index (Phi) is 4.18. The third kappa shape index (κ3) is 2.42. The highest BCUT2D eigenvalue weighted by atomic mass is 28.3. The Labute approximate surface area is 143 Å². The monoisotopic (exact) mass is 338 g/mol. The fourth-order valence-corrected chi connectivity index (χ4v) is 10.3. The average Bonchev–Trinajstić information content (AvgIpc) is 2.89. The van der Waals surface area contributed by atoms with E-state index in [1.54, 1.807) is 0 Å². The smallest absolute Gasteiger partial charge is 0.374 e. The van der Waals surface area contributed by atoms with Gasteiger partial charge in [-0.2, -0.15) is 0 Å². The van der Waals surface area contributed by atoms with Crippen molar-refractivity contribution in [3.63, 3.8) is 0 Å². The van der Waals surface area contributed by atoms with Crippen molar-refractivity contribution >= 4 is 30.2 Å². The van der Waals surface area contributed by atoms with E-state index in [0.29, 0.717) is 0 Å². The van der Waals surface area contributed by atoms with E-state index in [1.807, 2.05) is 36.4 Å². The fourth-order valence-electron chi connectivity index (χ4n) is 4.13. The molecule has 1 unspecified atom stereocenters. The van der Waals surface area contributed by atoms with Gasteiger partial charge in [-0.25, -0.2) is 4.79 Å². The van der Waals surface area contributed by atoms with E-state index in [-0.39, 0.29) is 17.4 Å². The van der Waals surface area contributed by atoms with Crippen LogP contribution in [0.3, 0.4) is 0 Å². The van der Waals surface area contributed by atoms with Crippen LogP contribution in [-0.2, 0) is 14.3 Å². The van der Waals surface area contributed by atoms with Crippen molar-refractivity contribution in [2.45, 2.75) is 31.4 Å². The Morgan fingerprint density at radius 2 is 1.33 bits per heavy atom. The Bertz CT molecular complexity index is 708. The van der Waals surface area contributed by atoms with Crippen molar-refractivity contribution in [3.8, 4) is 0 Å². The number of carbonyl (C=O) groups excluding carboxylic acids is 2. The van der Waals surface area contributed by atoms with Gasteiger partial charge in [-0.05, 0) is 5.04 Å². The van der Waals surface area contributed by atoms with Crippen LogP contribution in [0.2, 0.25) is 10.6 Å². The van der Waals surface area contributed by atoms with Crippen LogP contribution in [0.1, 0.15) is 20.8 Å². The highest BCUT2D eigenvalue weighted by Gasteiger charge is 2.59. The molecule has 1 aliphatic rings. The lowest BCUT2D eigenvalue weighted by atomic mass is 10.2. The van der Waals surface area contributed by atoms with Gasteiger partial charge in [0.2, 0.25) is 5.78 Å². The van der Waals surface area contributed by atoms with Crippen molar-refractivity contribution < 1.29 is 14.3 Å². The number of carbonyl (C=O) groups is 2. The topological polar surface area (TPSA) is 43.4 Å². The molecule has 0 aromatic heterocycles. The number of rotatable bonds is 3. The first-order valence-corrected chi connectivity index (χ1v) is 10.3. The molecule has 2 aromatic carbocycles. The first-order valence-electron chi connectivity index (χ1n) is 8.21. The van der Waals surface area contributed by atoms with Gasteiger partial charge in [-0.1, -0.05) is 91.8 Å². The first-order chi connectivity index (χ1) is 11.4. The zero-order valence-electron chi connectivity index (χ0n) is 14.3. The second-order valence-electron chi connectivity index (χ2n) is 7.31. The van der Waals surface area contributed by atoms with E-state index in [9.17, 15) is 9.59 Å². The molecule has 4 heteroatoms. The largest absolute Gasteiger partial charge is 0.459 e. The fraction of sp³-hybridized carbons (Fsp3) is 0.300. The summed E-state index contributed by atoms with van der Waals surface area (Å²) < 4.78 is 5.17. The molecular weight excluding hydrogens is 316 g/mol. The molecule has 0 N–H and O–H groups in total. The Morgan fingerprint density at radius 3 is 1.67 bits per heavy atom. The summed E-state index contributed by atoms with van der Waals surface area (Å²) in [6.07, 6.45) is 0. The molecule has 0 aliphatic carbocycles. The molecule has 2 aromatic rings. The van der Waals surface area contributed by atoms with Gasteiger partial charge in [0.15, 0.2) is 0 Å². The minimum absolute atomic E-state index is 0.163. The number of ketones is 1. The molecule has 3 rings (SSSR count). The zero-order chi connectivity index (χ0) is 17.4. The van der Waals surface area contributed by atoms with Gasteiger partial charge >= 0.3 is 5.97 Å². The Balaban J connectivity index is 2.34. The molecule has 1 heterocycles. The molecule has 1 aliphatic heterocycles. The third-order valence-corrected chi connectivity index (χ3v) is 11.4. The van der Waals surface area contributed by atoms with Gasteiger partial charge in [0.05, 0.1) is 5.54 Å². The molecule has 0 spiro atoms. The Morgan fingerprint density at radius 1 is 0.875 bits per heavy atom. The van der Waals surface area contributed by atoms with Crippen LogP contribution < -0.4 is 10.4 Å². The van der Waals surface area contributed by atoms with E-state index in [2.05, 4.69) is 45.0 Å². The lowest BCUT2D eigenvalue weighted by Crippen LogP contribution is -2.68. The average molecular weight is 338 g/mol. The number of Topliss-reactive ketones (excluding diaryl/α,β-unsaturated/α-hetero) is 1. The van der Waals surface area contributed by atoms with Crippen molar-refractivity contribution in [2.75, 3.05) is 6.61 Å². The lowest BCUT2D eigenvalue weighted by Gasteiger charge is -2.46. The van der Waals surface area contributed by atoms with E-state index in [4.69, 9.17) is 4.74 Å². The molecule has 0 amide bonds. The highest BCUT2D eigenvalue weighted by molar-refractivity contribution is 7.07. The van der Waals surface area contributed by atoms with Gasteiger partial charge in [0.1, 0.15) is 14.7 Å². The number of cyclic esters (lactones) is 1. The van der Waals surface area contributed by atoms with Gasteiger partial charge < -0.3 is 4.74 Å². The summed E-state index contributed by atoms with van der Waals surface area (Å²) in [4.78, 5) is 24.6. The minimum atomic E-state index is -2.62.